The van der Waals surface area contributed by atoms with E-state index in [1.54, 1.807) is 0 Å². The summed E-state index contributed by atoms with van der Waals surface area (Å²) in [6.45, 7) is 0.730. The molecule has 0 aliphatic rings. The zero-order valence-corrected chi connectivity index (χ0v) is 8.60. The van der Waals surface area contributed by atoms with Crippen molar-refractivity contribution in [1.29, 1.82) is 0 Å². The minimum Gasteiger partial charge on any atom is -0.493 e. The van der Waals surface area contributed by atoms with Crippen LogP contribution in [0.5, 0.6) is 5.75 Å². The average molecular weight is 198 g/mol. The van der Waals surface area contributed by atoms with Crippen molar-refractivity contribution in [3.8, 4) is 5.75 Å². The topological polar surface area (TPSA) is 9.23 Å². The van der Waals surface area contributed by atoms with Crippen LogP contribution in [0.25, 0.3) is 0 Å². The Kier molecular flexibility index (Phi) is 3.39. The largest absolute Gasteiger partial charge is 0.493 e. The third kappa shape index (κ3) is 3.13. The highest BCUT2D eigenvalue weighted by Crippen LogP contribution is 2.09. The minimum atomic E-state index is 0.730. The van der Waals surface area contributed by atoms with Gasteiger partial charge in [-0.25, -0.2) is 0 Å². The van der Waals surface area contributed by atoms with Gasteiger partial charge < -0.3 is 4.74 Å². The van der Waals surface area contributed by atoms with Gasteiger partial charge in [0.25, 0.3) is 0 Å². The summed E-state index contributed by atoms with van der Waals surface area (Å²) in [6, 6.07) is 20.3. The van der Waals surface area contributed by atoms with Crippen molar-refractivity contribution < 1.29 is 4.74 Å². The Labute approximate surface area is 90.3 Å². The number of para-hydroxylation sites is 1. The fraction of sp³-hybridized carbons (Fsp3) is 0.143. The molecule has 0 aromatic heterocycles. The molecule has 0 amide bonds. The van der Waals surface area contributed by atoms with Gasteiger partial charge in [-0.3, -0.25) is 0 Å². The van der Waals surface area contributed by atoms with E-state index in [-0.39, 0.29) is 0 Å². The van der Waals surface area contributed by atoms with E-state index in [1.807, 2.05) is 36.4 Å². The molecule has 2 aromatic rings. The van der Waals surface area contributed by atoms with Gasteiger partial charge in [-0.05, 0) is 17.7 Å². The molecule has 0 heterocycles. The first-order chi connectivity index (χ1) is 7.45. The molecule has 1 heteroatoms. The third-order valence-corrected chi connectivity index (χ3v) is 2.25. The summed E-state index contributed by atoms with van der Waals surface area (Å²) >= 11 is 0. The zero-order chi connectivity index (χ0) is 10.3. The van der Waals surface area contributed by atoms with Crippen molar-refractivity contribution in [3.05, 3.63) is 66.2 Å². The lowest BCUT2D eigenvalue weighted by Crippen LogP contribution is -2.00. The second kappa shape index (κ2) is 5.20. The van der Waals surface area contributed by atoms with Crippen LogP contribution in [0.15, 0.2) is 60.7 Å². The number of ether oxygens (including phenoxy) is 1. The first-order valence-electron chi connectivity index (χ1n) is 5.17. The Morgan fingerprint density at radius 2 is 1.33 bits per heavy atom. The Balaban J connectivity index is 1.81. The lowest BCUT2D eigenvalue weighted by molar-refractivity contribution is 0.322. The molecule has 76 valence electrons. The van der Waals surface area contributed by atoms with Crippen LogP contribution in [0.1, 0.15) is 5.56 Å². The maximum atomic E-state index is 5.61. The summed E-state index contributed by atoms with van der Waals surface area (Å²) in [4.78, 5) is 0. The van der Waals surface area contributed by atoms with Gasteiger partial charge in [-0.2, -0.15) is 0 Å². The van der Waals surface area contributed by atoms with Crippen LogP contribution in [0.4, 0.5) is 0 Å². The number of hydrogen-bond acceptors (Lipinski definition) is 1. The number of hydrogen-bond donors (Lipinski definition) is 0. The lowest BCUT2D eigenvalue weighted by atomic mass is 10.2. The van der Waals surface area contributed by atoms with E-state index in [0.29, 0.717) is 0 Å². The van der Waals surface area contributed by atoms with Crippen molar-refractivity contribution >= 4 is 0 Å². The zero-order valence-electron chi connectivity index (χ0n) is 8.60. The predicted molar refractivity (Wildman–Crippen MR) is 62.1 cm³/mol. The van der Waals surface area contributed by atoms with Gasteiger partial charge in [0.2, 0.25) is 0 Å². The maximum absolute atomic E-state index is 5.61. The van der Waals surface area contributed by atoms with E-state index in [2.05, 4.69) is 24.3 Å². The first kappa shape index (κ1) is 9.78. The fourth-order valence-electron chi connectivity index (χ4n) is 1.45. The number of benzene rings is 2. The maximum Gasteiger partial charge on any atom is 0.119 e. The van der Waals surface area contributed by atoms with Crippen LogP contribution in [-0.2, 0) is 6.42 Å². The first-order valence-corrected chi connectivity index (χ1v) is 5.17. The molecule has 0 saturated heterocycles. The van der Waals surface area contributed by atoms with Crippen molar-refractivity contribution in [2.45, 2.75) is 6.42 Å². The molecule has 2 rings (SSSR count). The summed E-state index contributed by atoms with van der Waals surface area (Å²) in [5.41, 5.74) is 1.31. The number of rotatable bonds is 4. The van der Waals surface area contributed by atoms with Gasteiger partial charge in [-0.15, -0.1) is 0 Å². The molecule has 0 unspecified atom stereocenters. The highest BCUT2D eigenvalue weighted by Gasteiger charge is 1.93. The van der Waals surface area contributed by atoms with Gasteiger partial charge in [-0.1, -0.05) is 48.5 Å². The summed E-state index contributed by atoms with van der Waals surface area (Å²) < 4.78 is 5.61. The van der Waals surface area contributed by atoms with E-state index in [1.165, 1.54) is 5.56 Å². The van der Waals surface area contributed by atoms with Crippen LogP contribution in [0.3, 0.4) is 0 Å². The quantitative estimate of drug-likeness (QED) is 0.732. The van der Waals surface area contributed by atoms with E-state index in [9.17, 15) is 0 Å². The molecule has 0 N–H and O–H groups in total. The molecule has 0 saturated carbocycles. The second-order valence-corrected chi connectivity index (χ2v) is 3.40. The molecule has 0 atom stereocenters. The standard InChI is InChI=1S/C14H14O/c1-3-7-13(8-4-1)11-12-15-14-9-5-2-6-10-14/h1-10H,11-12H2. The molecule has 0 spiro atoms. The van der Waals surface area contributed by atoms with Gasteiger partial charge in [0.05, 0.1) is 6.61 Å². The summed E-state index contributed by atoms with van der Waals surface area (Å²) in [7, 11) is 0. The van der Waals surface area contributed by atoms with Crippen molar-refractivity contribution in [2.24, 2.45) is 0 Å². The van der Waals surface area contributed by atoms with E-state index < -0.39 is 0 Å². The molecular formula is C14H14O. The molecular weight excluding hydrogens is 184 g/mol. The van der Waals surface area contributed by atoms with Crippen LogP contribution in [0.2, 0.25) is 0 Å². The molecule has 0 aliphatic heterocycles. The lowest BCUT2D eigenvalue weighted by Gasteiger charge is -2.05. The van der Waals surface area contributed by atoms with Crippen LogP contribution < -0.4 is 4.74 Å². The molecule has 0 bridgehead atoms. The summed E-state index contributed by atoms with van der Waals surface area (Å²) in [5.74, 6) is 0.938. The van der Waals surface area contributed by atoms with E-state index >= 15 is 0 Å². The van der Waals surface area contributed by atoms with Crippen molar-refractivity contribution in [2.75, 3.05) is 6.61 Å². The second-order valence-electron chi connectivity index (χ2n) is 3.40. The molecule has 0 aliphatic carbocycles. The predicted octanol–water partition coefficient (Wildman–Crippen LogP) is 3.31. The SMILES string of the molecule is c1ccc(CCOc2ccccc2)cc1. The van der Waals surface area contributed by atoms with E-state index in [0.717, 1.165) is 18.8 Å². The van der Waals surface area contributed by atoms with Gasteiger partial charge in [0.15, 0.2) is 0 Å². The minimum absolute atomic E-state index is 0.730. The summed E-state index contributed by atoms with van der Waals surface area (Å²) in [6.07, 6.45) is 0.954. The Morgan fingerprint density at radius 3 is 2.00 bits per heavy atom. The molecule has 15 heavy (non-hydrogen) atoms. The Bertz CT molecular complexity index is 341. The normalized spacial score (nSPS) is 9.87. The van der Waals surface area contributed by atoms with Crippen LogP contribution in [-0.4, -0.2) is 6.61 Å². The van der Waals surface area contributed by atoms with Gasteiger partial charge >= 0.3 is 0 Å². The molecule has 0 radical (unpaired) electrons. The van der Waals surface area contributed by atoms with E-state index in [4.69, 9.17) is 4.74 Å². The van der Waals surface area contributed by atoms with Crippen LogP contribution in [0, 0.1) is 0 Å². The monoisotopic (exact) mass is 198 g/mol. The average Bonchev–Trinajstić information content (AvgIpc) is 2.32. The molecule has 2 aromatic carbocycles. The third-order valence-electron chi connectivity index (χ3n) is 2.25. The fourth-order valence-corrected chi connectivity index (χ4v) is 1.45. The van der Waals surface area contributed by atoms with Crippen LogP contribution >= 0.6 is 0 Å². The summed E-state index contributed by atoms with van der Waals surface area (Å²) in [5, 5.41) is 0. The highest BCUT2D eigenvalue weighted by atomic mass is 16.5. The Hall–Kier alpha value is -1.76. The Morgan fingerprint density at radius 1 is 0.733 bits per heavy atom. The van der Waals surface area contributed by atoms with Crippen molar-refractivity contribution in [3.63, 3.8) is 0 Å². The molecule has 0 fully saturated rings. The highest BCUT2D eigenvalue weighted by molar-refractivity contribution is 5.21. The molecule has 1 nitrogen and oxygen atoms in total. The van der Waals surface area contributed by atoms with Crippen molar-refractivity contribution in [1.82, 2.24) is 0 Å². The van der Waals surface area contributed by atoms with Gasteiger partial charge in [0.1, 0.15) is 5.75 Å². The van der Waals surface area contributed by atoms with Gasteiger partial charge in [0, 0.05) is 6.42 Å². The smallest absolute Gasteiger partial charge is 0.119 e.